The van der Waals surface area contributed by atoms with Crippen LogP contribution >= 0.6 is 0 Å². The minimum atomic E-state index is -1.00. The summed E-state index contributed by atoms with van der Waals surface area (Å²) in [7, 11) is 1.54. The number of carboxylic acids is 1. The summed E-state index contributed by atoms with van der Waals surface area (Å²) in [6.45, 7) is 4.34. The number of carbonyl (C=O) groups is 3. The van der Waals surface area contributed by atoms with Crippen LogP contribution in [0.2, 0.25) is 0 Å². The number of carboxylic acid groups (broad SMARTS) is 1. The third kappa shape index (κ3) is 4.99. The number of rotatable bonds is 7. The first-order valence-electron chi connectivity index (χ1n) is 9.33. The minimum Gasteiger partial charge on any atom is -0.480 e. The number of ether oxygens (including phenoxy) is 1. The van der Waals surface area contributed by atoms with Crippen LogP contribution in [-0.4, -0.2) is 58.6 Å². The number of hydrogen-bond donors (Lipinski definition) is 1. The lowest BCUT2D eigenvalue weighted by molar-refractivity contribution is -0.150. The summed E-state index contributed by atoms with van der Waals surface area (Å²) in [5.74, 6) is -1.45. The molecule has 2 rings (SSSR count). The van der Waals surface area contributed by atoms with Crippen LogP contribution in [0.15, 0.2) is 30.3 Å². The topological polar surface area (TPSA) is 87.2 Å². The molecular weight excluding hydrogens is 348 g/mol. The highest BCUT2D eigenvalue weighted by Crippen LogP contribution is 2.24. The quantitative estimate of drug-likeness (QED) is 0.791. The molecule has 27 heavy (non-hydrogen) atoms. The zero-order valence-corrected chi connectivity index (χ0v) is 16.1. The van der Waals surface area contributed by atoms with E-state index in [1.807, 2.05) is 44.2 Å². The first-order chi connectivity index (χ1) is 12.9. The first kappa shape index (κ1) is 20.7. The normalized spacial score (nSPS) is 18.6. The number of likely N-dealkylation sites (tertiary alicyclic amines) is 1. The minimum absolute atomic E-state index is 0.118. The summed E-state index contributed by atoms with van der Waals surface area (Å²) in [4.78, 5) is 39.8. The zero-order valence-electron chi connectivity index (χ0n) is 16.1. The van der Waals surface area contributed by atoms with Gasteiger partial charge in [0.2, 0.25) is 5.91 Å². The molecule has 3 atom stereocenters. The van der Waals surface area contributed by atoms with E-state index in [9.17, 15) is 19.5 Å². The van der Waals surface area contributed by atoms with Crippen LogP contribution in [-0.2, 0) is 20.9 Å². The number of carbonyl (C=O) groups excluding carboxylic acids is 2. The number of nitrogens with zero attached hydrogens (tertiary/aromatic N) is 2. The molecule has 0 bridgehead atoms. The lowest BCUT2D eigenvalue weighted by Gasteiger charge is -2.35. The third-order valence-electron chi connectivity index (χ3n) is 5.17. The second-order valence-corrected chi connectivity index (χ2v) is 7.01. The van der Waals surface area contributed by atoms with Gasteiger partial charge in [-0.05, 0) is 24.3 Å². The van der Waals surface area contributed by atoms with Crippen LogP contribution in [0.4, 0.5) is 4.79 Å². The van der Waals surface area contributed by atoms with E-state index in [0.29, 0.717) is 25.8 Å². The maximum absolute atomic E-state index is 13.1. The molecular formula is C20H28N2O5. The SMILES string of the molecule is CC[C@H](C)[C@H](C(=O)N1CCC[C@H]1C(=O)O)N(C)C(=O)OCc1ccccc1. The van der Waals surface area contributed by atoms with Gasteiger partial charge < -0.3 is 14.7 Å². The standard InChI is InChI=1S/C20H28N2O5/c1-4-14(2)17(18(23)22-12-8-11-16(22)19(24)25)21(3)20(26)27-13-15-9-6-5-7-10-15/h5-7,9-10,14,16-17H,4,8,11-13H2,1-3H3,(H,24,25)/t14-,16-,17+/m0/s1. The molecule has 0 aliphatic carbocycles. The van der Waals surface area contributed by atoms with Gasteiger partial charge in [-0.1, -0.05) is 50.6 Å². The van der Waals surface area contributed by atoms with Gasteiger partial charge in [-0.25, -0.2) is 9.59 Å². The molecule has 1 N–H and O–H groups in total. The molecule has 0 saturated carbocycles. The largest absolute Gasteiger partial charge is 0.480 e. The Balaban J connectivity index is 2.10. The van der Waals surface area contributed by atoms with Gasteiger partial charge in [0.05, 0.1) is 0 Å². The second-order valence-electron chi connectivity index (χ2n) is 7.01. The fraction of sp³-hybridized carbons (Fsp3) is 0.550. The van der Waals surface area contributed by atoms with Crippen molar-refractivity contribution >= 4 is 18.0 Å². The maximum Gasteiger partial charge on any atom is 0.410 e. The molecule has 1 saturated heterocycles. The van der Waals surface area contributed by atoms with E-state index >= 15 is 0 Å². The van der Waals surface area contributed by atoms with Crippen molar-refractivity contribution in [1.29, 1.82) is 0 Å². The molecule has 1 aliphatic rings. The Morgan fingerprint density at radius 2 is 1.96 bits per heavy atom. The number of likely N-dealkylation sites (N-methyl/N-ethyl adjacent to an activating group) is 1. The van der Waals surface area contributed by atoms with Gasteiger partial charge in [0.25, 0.3) is 0 Å². The third-order valence-corrected chi connectivity index (χ3v) is 5.17. The molecule has 1 aliphatic heterocycles. The molecule has 0 radical (unpaired) electrons. The van der Waals surface area contributed by atoms with Crippen LogP contribution in [0.5, 0.6) is 0 Å². The van der Waals surface area contributed by atoms with E-state index in [1.54, 1.807) is 0 Å². The average molecular weight is 376 g/mol. The Morgan fingerprint density at radius 3 is 2.56 bits per heavy atom. The number of aliphatic carboxylic acids is 1. The fourth-order valence-corrected chi connectivity index (χ4v) is 3.41. The molecule has 7 nitrogen and oxygen atoms in total. The predicted octanol–water partition coefficient (Wildman–Crippen LogP) is 2.75. The van der Waals surface area contributed by atoms with Crippen LogP contribution < -0.4 is 0 Å². The maximum atomic E-state index is 13.1. The summed E-state index contributed by atoms with van der Waals surface area (Å²) in [5, 5.41) is 9.37. The summed E-state index contributed by atoms with van der Waals surface area (Å²) in [6.07, 6.45) is 1.18. The molecule has 0 unspecified atom stereocenters. The highest BCUT2D eigenvalue weighted by atomic mass is 16.6. The Morgan fingerprint density at radius 1 is 1.30 bits per heavy atom. The van der Waals surface area contributed by atoms with Crippen LogP contribution in [0.3, 0.4) is 0 Å². The summed E-state index contributed by atoms with van der Waals surface area (Å²) in [5.41, 5.74) is 0.858. The van der Waals surface area contributed by atoms with E-state index in [4.69, 9.17) is 4.74 Å². The molecule has 2 amide bonds. The van der Waals surface area contributed by atoms with E-state index in [1.165, 1.54) is 16.8 Å². The van der Waals surface area contributed by atoms with E-state index in [-0.39, 0.29) is 18.4 Å². The highest BCUT2D eigenvalue weighted by Gasteiger charge is 2.41. The van der Waals surface area contributed by atoms with Crippen molar-refractivity contribution in [1.82, 2.24) is 9.80 Å². The Labute approximate surface area is 159 Å². The number of amides is 2. The van der Waals surface area contributed by atoms with Crippen molar-refractivity contribution < 1.29 is 24.2 Å². The highest BCUT2D eigenvalue weighted by molar-refractivity contribution is 5.90. The zero-order chi connectivity index (χ0) is 20.0. The van der Waals surface area contributed by atoms with Crippen molar-refractivity contribution in [2.45, 2.75) is 51.8 Å². The van der Waals surface area contributed by atoms with Gasteiger partial charge >= 0.3 is 12.1 Å². The van der Waals surface area contributed by atoms with Crippen molar-refractivity contribution in [3.05, 3.63) is 35.9 Å². The van der Waals surface area contributed by atoms with Gasteiger partial charge in [0.1, 0.15) is 18.7 Å². The average Bonchev–Trinajstić information content (AvgIpc) is 3.16. The smallest absolute Gasteiger partial charge is 0.410 e. The van der Waals surface area contributed by atoms with Gasteiger partial charge in [-0.15, -0.1) is 0 Å². The van der Waals surface area contributed by atoms with Gasteiger partial charge in [0.15, 0.2) is 0 Å². The number of hydrogen-bond acceptors (Lipinski definition) is 4. The summed E-state index contributed by atoms with van der Waals surface area (Å²) in [6, 6.07) is 7.73. The van der Waals surface area contributed by atoms with Gasteiger partial charge in [-0.2, -0.15) is 0 Å². The first-order valence-corrected chi connectivity index (χ1v) is 9.33. The van der Waals surface area contributed by atoms with Crippen LogP contribution in [0.1, 0.15) is 38.7 Å². The van der Waals surface area contributed by atoms with Crippen molar-refractivity contribution in [2.75, 3.05) is 13.6 Å². The molecule has 1 fully saturated rings. The van der Waals surface area contributed by atoms with Crippen molar-refractivity contribution in [3.8, 4) is 0 Å². The van der Waals surface area contributed by atoms with E-state index in [0.717, 1.165) is 5.56 Å². The molecule has 7 heteroatoms. The van der Waals surface area contributed by atoms with Crippen LogP contribution in [0.25, 0.3) is 0 Å². The molecule has 148 valence electrons. The van der Waals surface area contributed by atoms with E-state index < -0.39 is 24.1 Å². The number of benzene rings is 1. The van der Waals surface area contributed by atoms with Gasteiger partial charge in [-0.3, -0.25) is 9.69 Å². The molecule has 0 spiro atoms. The monoisotopic (exact) mass is 376 g/mol. The predicted molar refractivity (Wildman–Crippen MR) is 100 cm³/mol. The summed E-state index contributed by atoms with van der Waals surface area (Å²) < 4.78 is 5.35. The Hall–Kier alpha value is -2.57. The van der Waals surface area contributed by atoms with Crippen molar-refractivity contribution in [2.24, 2.45) is 5.92 Å². The molecule has 1 heterocycles. The van der Waals surface area contributed by atoms with E-state index in [2.05, 4.69) is 0 Å². The molecule has 1 aromatic rings. The fourth-order valence-electron chi connectivity index (χ4n) is 3.41. The Kier molecular flexibility index (Phi) is 7.21. The van der Waals surface area contributed by atoms with Gasteiger partial charge in [0, 0.05) is 13.6 Å². The lowest BCUT2D eigenvalue weighted by atomic mass is 9.96. The molecule has 0 aromatic heterocycles. The second kappa shape index (κ2) is 9.39. The Bertz CT molecular complexity index is 664. The molecule has 1 aromatic carbocycles. The van der Waals surface area contributed by atoms with Crippen LogP contribution in [0, 0.1) is 5.92 Å². The van der Waals surface area contributed by atoms with Crippen molar-refractivity contribution in [3.63, 3.8) is 0 Å². The summed E-state index contributed by atoms with van der Waals surface area (Å²) >= 11 is 0. The lowest BCUT2D eigenvalue weighted by Crippen LogP contribution is -2.54.